The van der Waals surface area contributed by atoms with Crippen LogP contribution in [0.25, 0.3) is 0 Å². The van der Waals surface area contributed by atoms with Gasteiger partial charge in [-0.25, -0.2) is 0 Å². The van der Waals surface area contributed by atoms with Crippen LogP contribution in [-0.2, 0) is 41.8 Å². The molecule has 4 N–H and O–H groups in total. The van der Waals surface area contributed by atoms with Gasteiger partial charge in [0.1, 0.15) is 6.04 Å². The zero-order chi connectivity index (χ0) is 33.9. The number of carbonyl (C=O) groups excluding carboxylic acids is 3. The van der Waals surface area contributed by atoms with Crippen LogP contribution in [0.15, 0.2) is 48.7 Å². The first-order chi connectivity index (χ1) is 22.5. The summed E-state index contributed by atoms with van der Waals surface area (Å²) in [6.45, 7) is 0.678. The van der Waals surface area contributed by atoms with Crippen molar-refractivity contribution in [1.29, 1.82) is 0 Å². The van der Waals surface area contributed by atoms with Crippen LogP contribution in [0.1, 0.15) is 52.7 Å². The van der Waals surface area contributed by atoms with Crippen LogP contribution in [0.5, 0.6) is 0 Å². The van der Waals surface area contributed by atoms with Crippen molar-refractivity contribution in [3.63, 3.8) is 0 Å². The Balaban J connectivity index is 1.64. The van der Waals surface area contributed by atoms with Gasteiger partial charge >= 0.3 is 17.9 Å². The quantitative estimate of drug-likeness (QED) is 0.169. The number of imide groups is 1. The van der Waals surface area contributed by atoms with Crippen molar-refractivity contribution in [3.05, 3.63) is 71.3 Å². The average Bonchev–Trinajstić information content (AvgIpc) is 3.35. The number of aliphatic carboxylic acids is 3. The largest absolute Gasteiger partial charge is 0.481 e. The molecule has 0 radical (unpaired) electrons. The number of fused-ring (bicyclic) bond motifs is 2. The van der Waals surface area contributed by atoms with Gasteiger partial charge in [0, 0.05) is 63.2 Å². The number of nitrogens with zero attached hydrogens (tertiary/aromatic N) is 5. The molecular weight excluding hydrogens is 616 g/mol. The second-order valence-electron chi connectivity index (χ2n) is 11.0. The number of hydrogen-bond acceptors (Lipinski definition) is 11. The Kier molecular flexibility index (Phi) is 12.2. The number of rotatable bonds is 13. The van der Waals surface area contributed by atoms with Gasteiger partial charge in [-0.15, -0.1) is 0 Å². The lowest BCUT2D eigenvalue weighted by molar-refractivity contribution is -0.150. The highest BCUT2D eigenvalue weighted by molar-refractivity contribution is 6.12. The average molecular weight is 653 g/mol. The van der Waals surface area contributed by atoms with Crippen molar-refractivity contribution in [2.45, 2.75) is 44.4 Å². The van der Waals surface area contributed by atoms with Crippen molar-refractivity contribution in [3.8, 4) is 0 Å². The molecule has 2 aromatic heterocycles. The van der Waals surface area contributed by atoms with Crippen LogP contribution >= 0.6 is 0 Å². The zero-order valence-electron chi connectivity index (χ0n) is 25.5. The fourth-order valence-corrected chi connectivity index (χ4v) is 5.40. The van der Waals surface area contributed by atoms with Crippen molar-refractivity contribution in [2.75, 3.05) is 39.4 Å². The Morgan fingerprint density at radius 3 is 2.13 bits per heavy atom. The maximum absolute atomic E-state index is 13.3. The monoisotopic (exact) mass is 652 g/mol. The highest BCUT2D eigenvalue weighted by atomic mass is 16.5. The number of carboxylic acid groups (broad SMARTS) is 3. The molecule has 2 aliphatic rings. The molecule has 0 saturated heterocycles. The summed E-state index contributed by atoms with van der Waals surface area (Å²) in [6.07, 6.45) is 3.28. The van der Waals surface area contributed by atoms with Crippen LogP contribution in [0.2, 0.25) is 0 Å². The van der Waals surface area contributed by atoms with E-state index in [1.165, 1.54) is 23.1 Å². The van der Waals surface area contributed by atoms with Crippen LogP contribution in [-0.4, -0.2) is 121 Å². The molecule has 4 heterocycles. The summed E-state index contributed by atoms with van der Waals surface area (Å²) in [4.78, 5) is 85.8. The molecule has 250 valence electrons. The smallest absolute Gasteiger partial charge is 0.321 e. The first-order valence-corrected chi connectivity index (χ1v) is 15.0. The predicted octanol–water partition coefficient (Wildman–Crippen LogP) is 0.300. The van der Waals surface area contributed by atoms with Crippen molar-refractivity contribution < 1.29 is 48.8 Å². The molecule has 0 spiro atoms. The van der Waals surface area contributed by atoms with E-state index >= 15 is 0 Å². The van der Waals surface area contributed by atoms with Crippen LogP contribution in [0.4, 0.5) is 0 Å². The molecule has 0 aliphatic carbocycles. The number of hydrogen-bond donors (Lipinski definition) is 4. The predicted molar refractivity (Wildman–Crippen MR) is 162 cm³/mol. The Hall–Kier alpha value is -5.06. The molecule has 16 nitrogen and oxygen atoms in total. The third-order valence-corrected chi connectivity index (χ3v) is 7.65. The molecule has 16 heteroatoms. The van der Waals surface area contributed by atoms with E-state index in [2.05, 4.69) is 10.3 Å². The standard InChI is InChI=1S/C31H36N6O10/c38-26-5-6-27(39)37(26)9-3-8-33-30(44)20-14-21-18-35(24(16-28(40)41)23-4-1-2-7-32-23)10-12-47-13-11-36(19-22(15-20)34-21)25(31(45)46)17-29(42)43/h1-2,4-7,14-15,24-25H,3,8-13,16-19H2,(H,33,44)(H,40,41)(H,42,43)(H,45,46)/t24-,25-/m1/s1. The fraction of sp³-hybridized carbons (Fsp3) is 0.419. The first-order valence-electron chi connectivity index (χ1n) is 15.0. The summed E-state index contributed by atoms with van der Waals surface area (Å²) in [7, 11) is 0. The van der Waals surface area contributed by atoms with Crippen LogP contribution < -0.4 is 5.32 Å². The fourth-order valence-electron chi connectivity index (χ4n) is 5.40. The number of carboxylic acids is 3. The second kappa shape index (κ2) is 16.5. The highest BCUT2D eigenvalue weighted by Gasteiger charge is 2.30. The number of amides is 3. The third-order valence-electron chi connectivity index (χ3n) is 7.65. The van der Waals surface area contributed by atoms with E-state index < -0.39 is 54.1 Å². The van der Waals surface area contributed by atoms with Gasteiger partial charge in [-0.3, -0.25) is 53.4 Å². The number of nitrogens with one attached hydrogen (secondary N) is 1. The lowest BCUT2D eigenvalue weighted by atomic mass is 10.1. The van der Waals surface area contributed by atoms with E-state index in [0.29, 0.717) is 17.8 Å². The molecular formula is C31H36N6O10. The minimum absolute atomic E-state index is 0.0409. The van der Waals surface area contributed by atoms with Gasteiger partial charge in [0.2, 0.25) is 0 Å². The Morgan fingerprint density at radius 1 is 0.894 bits per heavy atom. The molecule has 2 aliphatic heterocycles. The minimum Gasteiger partial charge on any atom is -0.481 e. The molecule has 4 rings (SSSR count). The van der Waals surface area contributed by atoms with Gasteiger partial charge in [-0.1, -0.05) is 6.07 Å². The van der Waals surface area contributed by atoms with Gasteiger partial charge < -0.3 is 25.4 Å². The molecule has 0 fully saturated rings. The van der Waals surface area contributed by atoms with Gasteiger partial charge in [0.25, 0.3) is 17.7 Å². The molecule has 0 saturated carbocycles. The summed E-state index contributed by atoms with van der Waals surface area (Å²) < 4.78 is 5.80. The Morgan fingerprint density at radius 2 is 1.53 bits per heavy atom. The summed E-state index contributed by atoms with van der Waals surface area (Å²) in [5, 5.41) is 31.7. The summed E-state index contributed by atoms with van der Waals surface area (Å²) in [5.41, 5.74) is 1.37. The Bertz CT molecular complexity index is 1500. The van der Waals surface area contributed by atoms with E-state index in [1.807, 2.05) is 4.90 Å². The molecule has 2 bridgehead atoms. The lowest BCUT2D eigenvalue weighted by Crippen LogP contribution is -2.44. The first kappa shape index (κ1) is 34.8. The lowest BCUT2D eigenvalue weighted by Gasteiger charge is -2.32. The van der Waals surface area contributed by atoms with Crippen LogP contribution in [0.3, 0.4) is 0 Å². The van der Waals surface area contributed by atoms with Gasteiger partial charge in [-0.05, 0) is 30.7 Å². The molecule has 0 unspecified atom stereocenters. The maximum atomic E-state index is 13.3. The number of ether oxygens (including phenoxy) is 1. The van der Waals surface area contributed by atoms with E-state index in [-0.39, 0.29) is 70.2 Å². The zero-order valence-corrected chi connectivity index (χ0v) is 25.5. The van der Waals surface area contributed by atoms with Crippen molar-refractivity contribution in [1.82, 2.24) is 30.0 Å². The normalized spacial score (nSPS) is 17.4. The molecule has 2 aromatic rings. The van der Waals surface area contributed by atoms with Gasteiger partial charge in [0.15, 0.2) is 0 Å². The van der Waals surface area contributed by atoms with Crippen LogP contribution in [0, 0.1) is 0 Å². The summed E-state index contributed by atoms with van der Waals surface area (Å²) >= 11 is 0. The molecule has 0 aromatic carbocycles. The van der Waals surface area contributed by atoms with Gasteiger partial charge in [0.05, 0.1) is 49.2 Å². The van der Waals surface area contributed by atoms with Crippen molar-refractivity contribution >= 4 is 35.6 Å². The number of carbonyl (C=O) groups is 6. The van der Waals surface area contributed by atoms with Crippen molar-refractivity contribution in [2.24, 2.45) is 0 Å². The van der Waals surface area contributed by atoms with Gasteiger partial charge in [-0.2, -0.15) is 0 Å². The molecule has 47 heavy (non-hydrogen) atoms. The second-order valence-corrected chi connectivity index (χ2v) is 11.0. The SMILES string of the molecule is O=C(O)C[C@H](C(=O)O)N1CCOCCN([C@H](CC(=O)O)c2ccccn2)Cc2cc(C(=O)NCCCN3C(=O)C=CC3=O)cc(n2)C1. The van der Waals surface area contributed by atoms with E-state index in [9.17, 15) is 44.1 Å². The third kappa shape index (κ3) is 9.96. The minimum atomic E-state index is -1.40. The molecule has 3 amide bonds. The summed E-state index contributed by atoms with van der Waals surface area (Å²) in [6, 6.07) is 6.15. The van der Waals surface area contributed by atoms with E-state index in [0.717, 1.165) is 4.90 Å². The Labute approximate surface area is 269 Å². The van der Waals surface area contributed by atoms with E-state index in [4.69, 9.17) is 9.72 Å². The summed E-state index contributed by atoms with van der Waals surface area (Å²) in [5.74, 6) is -5.02. The maximum Gasteiger partial charge on any atom is 0.321 e. The van der Waals surface area contributed by atoms with E-state index in [1.54, 1.807) is 30.5 Å². The molecule has 2 atom stereocenters. The topological polar surface area (TPSA) is 220 Å². The number of pyridine rings is 2. The number of aromatic nitrogens is 2. The highest BCUT2D eigenvalue weighted by Crippen LogP contribution is 2.25.